The van der Waals surface area contributed by atoms with Crippen LogP contribution in [0.15, 0.2) is 0 Å². The molecule has 3 heteroatoms. The third-order valence-corrected chi connectivity index (χ3v) is 3.50. The Labute approximate surface area is 91.6 Å². The van der Waals surface area contributed by atoms with Gasteiger partial charge >= 0.3 is 0 Å². The average Bonchev–Trinajstić information content (AvgIpc) is 2.11. The second-order valence-corrected chi connectivity index (χ2v) is 5.28. The Balaban J connectivity index is 2.87. The second kappa shape index (κ2) is 4.33. The van der Waals surface area contributed by atoms with Gasteiger partial charge in [-0.25, -0.2) is 0 Å². The lowest BCUT2D eigenvalue weighted by molar-refractivity contribution is -0.143. The Morgan fingerprint density at radius 2 is 2.07 bits per heavy atom. The Kier molecular flexibility index (Phi) is 3.53. The van der Waals surface area contributed by atoms with Crippen molar-refractivity contribution in [2.75, 3.05) is 0 Å². The van der Waals surface area contributed by atoms with Crippen LogP contribution in [-0.2, 0) is 9.59 Å². The molecule has 0 aromatic rings. The van der Waals surface area contributed by atoms with E-state index in [2.05, 4.69) is 33.0 Å². The molecule has 1 fully saturated rings. The summed E-state index contributed by atoms with van der Waals surface area (Å²) in [6.45, 7) is 8.33. The molecular weight excluding hydrogens is 190 g/mol. The van der Waals surface area contributed by atoms with Crippen molar-refractivity contribution < 1.29 is 9.59 Å². The number of nitrogens with one attached hydrogen (secondary N) is 1. The second-order valence-electron chi connectivity index (χ2n) is 5.28. The first kappa shape index (κ1) is 12.2. The summed E-state index contributed by atoms with van der Waals surface area (Å²) in [7, 11) is 0. The average molecular weight is 211 g/mol. The van der Waals surface area contributed by atoms with Crippen molar-refractivity contribution in [1.82, 2.24) is 5.32 Å². The number of hydrogen-bond donors (Lipinski definition) is 1. The zero-order valence-corrected chi connectivity index (χ0v) is 10.1. The maximum absolute atomic E-state index is 11.8. The van der Waals surface area contributed by atoms with E-state index in [1.165, 1.54) is 0 Å². The number of rotatable bonds is 3. The van der Waals surface area contributed by atoms with Crippen LogP contribution in [0.3, 0.4) is 0 Å². The first-order valence-electron chi connectivity index (χ1n) is 5.72. The van der Waals surface area contributed by atoms with Gasteiger partial charge in [0.15, 0.2) is 0 Å². The minimum absolute atomic E-state index is 0.0137. The van der Waals surface area contributed by atoms with Gasteiger partial charge in [0.2, 0.25) is 11.8 Å². The monoisotopic (exact) mass is 211 g/mol. The fraction of sp³-hybridized carbons (Fsp3) is 0.833. The molecule has 0 saturated carbocycles. The molecule has 0 aromatic heterocycles. The van der Waals surface area contributed by atoms with Crippen LogP contribution in [0.1, 0.15) is 47.0 Å². The molecule has 2 atom stereocenters. The van der Waals surface area contributed by atoms with E-state index in [4.69, 9.17) is 0 Å². The summed E-state index contributed by atoms with van der Waals surface area (Å²) >= 11 is 0. The van der Waals surface area contributed by atoms with Crippen LogP contribution in [0.2, 0.25) is 0 Å². The number of imide groups is 1. The van der Waals surface area contributed by atoms with Crippen LogP contribution in [0.25, 0.3) is 0 Å². The quantitative estimate of drug-likeness (QED) is 0.727. The lowest BCUT2D eigenvalue weighted by Gasteiger charge is -2.39. The molecule has 0 aliphatic carbocycles. The van der Waals surface area contributed by atoms with Crippen LogP contribution in [0.5, 0.6) is 0 Å². The fourth-order valence-electron chi connectivity index (χ4n) is 2.31. The highest BCUT2D eigenvalue weighted by atomic mass is 16.2. The minimum Gasteiger partial charge on any atom is -0.296 e. The highest BCUT2D eigenvalue weighted by Crippen LogP contribution is 2.40. The highest BCUT2D eigenvalue weighted by molar-refractivity contribution is 5.99. The van der Waals surface area contributed by atoms with Gasteiger partial charge in [-0.3, -0.25) is 14.9 Å². The fourth-order valence-corrected chi connectivity index (χ4v) is 2.31. The van der Waals surface area contributed by atoms with Crippen LogP contribution < -0.4 is 5.32 Å². The smallest absolute Gasteiger partial charge is 0.230 e. The Hall–Kier alpha value is -0.860. The predicted molar refractivity (Wildman–Crippen MR) is 59.1 cm³/mol. The first-order chi connectivity index (χ1) is 6.89. The third-order valence-electron chi connectivity index (χ3n) is 3.50. The van der Waals surface area contributed by atoms with Crippen LogP contribution >= 0.6 is 0 Å². The normalized spacial score (nSPS) is 31.9. The van der Waals surface area contributed by atoms with E-state index in [0.29, 0.717) is 12.3 Å². The molecule has 0 radical (unpaired) electrons. The van der Waals surface area contributed by atoms with E-state index in [-0.39, 0.29) is 23.1 Å². The van der Waals surface area contributed by atoms with Crippen molar-refractivity contribution in [2.45, 2.75) is 47.0 Å². The van der Waals surface area contributed by atoms with E-state index in [0.717, 1.165) is 12.8 Å². The number of carbonyl (C=O) groups is 2. The van der Waals surface area contributed by atoms with Gasteiger partial charge in [0, 0.05) is 12.3 Å². The molecule has 0 spiro atoms. The molecule has 15 heavy (non-hydrogen) atoms. The highest BCUT2D eigenvalue weighted by Gasteiger charge is 2.43. The standard InChI is InChI=1S/C12H21NO2/c1-5-12(4)7-10(14)13-11(15)9(12)6-8(2)3/h8-9H,5-7H2,1-4H3,(H,13,14,15). The van der Waals surface area contributed by atoms with Crippen LogP contribution in [-0.4, -0.2) is 11.8 Å². The largest absolute Gasteiger partial charge is 0.296 e. The van der Waals surface area contributed by atoms with Gasteiger partial charge in [0.1, 0.15) is 0 Å². The number of amides is 2. The van der Waals surface area contributed by atoms with Gasteiger partial charge in [-0.05, 0) is 24.2 Å². The Bertz CT molecular complexity index is 273. The molecule has 0 bridgehead atoms. The zero-order chi connectivity index (χ0) is 11.6. The van der Waals surface area contributed by atoms with Crippen LogP contribution in [0, 0.1) is 17.3 Å². The van der Waals surface area contributed by atoms with Crippen molar-refractivity contribution in [3.05, 3.63) is 0 Å². The molecule has 1 aliphatic rings. The molecule has 86 valence electrons. The van der Waals surface area contributed by atoms with Crippen molar-refractivity contribution in [2.24, 2.45) is 17.3 Å². The number of hydrogen-bond acceptors (Lipinski definition) is 2. The van der Waals surface area contributed by atoms with E-state index < -0.39 is 0 Å². The molecule has 3 nitrogen and oxygen atoms in total. The van der Waals surface area contributed by atoms with E-state index in [9.17, 15) is 9.59 Å². The molecule has 1 rings (SSSR count). The van der Waals surface area contributed by atoms with Gasteiger partial charge in [-0.2, -0.15) is 0 Å². The number of carbonyl (C=O) groups excluding carboxylic acids is 2. The maximum Gasteiger partial charge on any atom is 0.230 e. The van der Waals surface area contributed by atoms with Gasteiger partial charge in [0.25, 0.3) is 0 Å². The lowest BCUT2D eigenvalue weighted by Crippen LogP contribution is -2.51. The maximum atomic E-state index is 11.8. The Morgan fingerprint density at radius 3 is 2.53 bits per heavy atom. The summed E-state index contributed by atoms with van der Waals surface area (Å²) in [6, 6.07) is 0. The predicted octanol–water partition coefficient (Wildman–Crippen LogP) is 2.11. The van der Waals surface area contributed by atoms with Gasteiger partial charge in [-0.15, -0.1) is 0 Å². The third kappa shape index (κ3) is 2.58. The summed E-state index contributed by atoms with van der Waals surface area (Å²) in [5, 5.41) is 2.45. The lowest BCUT2D eigenvalue weighted by atomic mass is 9.67. The number of piperidine rings is 1. The van der Waals surface area contributed by atoms with Crippen molar-refractivity contribution in [3.63, 3.8) is 0 Å². The van der Waals surface area contributed by atoms with E-state index in [1.807, 2.05) is 0 Å². The van der Waals surface area contributed by atoms with Crippen molar-refractivity contribution in [1.29, 1.82) is 0 Å². The molecular formula is C12H21NO2. The van der Waals surface area contributed by atoms with Gasteiger partial charge in [0.05, 0.1) is 0 Å². The summed E-state index contributed by atoms with van der Waals surface area (Å²) in [6.07, 6.45) is 2.22. The SMILES string of the molecule is CCC1(C)CC(=O)NC(=O)C1CC(C)C. The van der Waals surface area contributed by atoms with Crippen molar-refractivity contribution in [3.8, 4) is 0 Å². The van der Waals surface area contributed by atoms with E-state index >= 15 is 0 Å². The molecule has 1 heterocycles. The van der Waals surface area contributed by atoms with Gasteiger partial charge in [-0.1, -0.05) is 27.7 Å². The molecule has 1 saturated heterocycles. The summed E-state index contributed by atoms with van der Waals surface area (Å²) in [5.74, 6) is 0.272. The topological polar surface area (TPSA) is 46.2 Å². The molecule has 2 unspecified atom stereocenters. The van der Waals surface area contributed by atoms with Crippen LogP contribution in [0.4, 0.5) is 0 Å². The molecule has 1 N–H and O–H groups in total. The zero-order valence-electron chi connectivity index (χ0n) is 10.1. The van der Waals surface area contributed by atoms with Gasteiger partial charge < -0.3 is 0 Å². The first-order valence-corrected chi connectivity index (χ1v) is 5.72. The Morgan fingerprint density at radius 1 is 1.47 bits per heavy atom. The molecule has 0 aromatic carbocycles. The summed E-state index contributed by atoms with van der Waals surface area (Å²) in [5.41, 5.74) is -0.149. The van der Waals surface area contributed by atoms with E-state index in [1.54, 1.807) is 0 Å². The molecule has 2 amide bonds. The molecule has 1 aliphatic heterocycles. The minimum atomic E-state index is -0.149. The summed E-state index contributed by atoms with van der Waals surface area (Å²) in [4.78, 5) is 23.1. The summed E-state index contributed by atoms with van der Waals surface area (Å²) < 4.78 is 0. The van der Waals surface area contributed by atoms with Crippen molar-refractivity contribution >= 4 is 11.8 Å².